The number of fused-ring (bicyclic) bond motifs is 10. The van der Waals surface area contributed by atoms with E-state index in [0.29, 0.717) is 10.8 Å². The van der Waals surface area contributed by atoms with Crippen LogP contribution < -0.4 is 5.73 Å². The summed E-state index contributed by atoms with van der Waals surface area (Å²) in [5.41, 5.74) is 17.1. The Morgan fingerprint density at radius 2 is 1.08 bits per heavy atom. The van der Waals surface area contributed by atoms with E-state index in [1.165, 1.54) is 0 Å². The standard InChI is InChI=1S/C19H21N5.C14H9ClN4.C4H12N2/c1-13-10-11-16-18(20-13)24-17-9-5-4-7-14(17)22-19(24)15(21-16)8-6-12-23(2)3;1-8-6-7-10-13(16-8)19-11-5-3-2-4-9(11)18-14(19)12(15)17-10;1-6(2)4-3-5/h4-5,7,9-11H,6,8,12H2,1-3H3;2-7H,1H3;3-5H2,1-2H3. The molecule has 0 radical (unpaired) electrons. The fourth-order valence-electron chi connectivity index (χ4n) is 5.73. The number of aryl methyl sites for hydroxylation is 3. The smallest absolute Gasteiger partial charge is 0.177 e. The van der Waals surface area contributed by atoms with Crippen LogP contribution in [0.25, 0.3) is 55.7 Å². The minimum atomic E-state index is 0.398. The minimum Gasteiger partial charge on any atom is -0.329 e. The lowest BCUT2D eigenvalue weighted by atomic mass is 10.2. The third-order valence-corrected chi connectivity index (χ3v) is 8.30. The molecule has 0 saturated heterocycles. The lowest BCUT2D eigenvalue weighted by molar-refractivity contribution is 0.400. The van der Waals surface area contributed by atoms with Crippen LogP contribution in [0, 0.1) is 13.8 Å². The monoisotopic (exact) mass is 675 g/mol. The number of hydrogen-bond donors (Lipinski definition) is 1. The van der Waals surface area contributed by atoms with E-state index in [4.69, 9.17) is 32.3 Å². The number of aromatic nitrogens is 8. The highest BCUT2D eigenvalue weighted by atomic mass is 35.5. The van der Waals surface area contributed by atoms with E-state index < -0.39 is 0 Å². The number of imidazole rings is 2. The Morgan fingerprint density at radius 1 is 0.571 bits per heavy atom. The Balaban J connectivity index is 0.000000149. The average Bonchev–Trinajstić information content (AvgIpc) is 3.66. The molecule has 0 bridgehead atoms. The van der Waals surface area contributed by atoms with Crippen molar-refractivity contribution in [3.05, 3.63) is 95.0 Å². The number of nitrogens with zero attached hydrogens (tertiary/aromatic N) is 10. The van der Waals surface area contributed by atoms with E-state index in [9.17, 15) is 0 Å². The normalized spacial score (nSPS) is 11.6. The Hall–Kier alpha value is -4.81. The van der Waals surface area contributed by atoms with Crippen LogP contribution in [-0.2, 0) is 6.42 Å². The van der Waals surface area contributed by atoms with E-state index in [0.717, 1.165) is 99.6 Å². The third-order valence-electron chi connectivity index (χ3n) is 8.04. The fourth-order valence-corrected chi connectivity index (χ4v) is 5.95. The number of para-hydroxylation sites is 4. The second kappa shape index (κ2) is 14.8. The highest BCUT2D eigenvalue weighted by molar-refractivity contribution is 6.33. The lowest BCUT2D eigenvalue weighted by Crippen LogP contribution is -2.20. The van der Waals surface area contributed by atoms with Gasteiger partial charge in [0.25, 0.3) is 0 Å². The third kappa shape index (κ3) is 7.30. The number of pyridine rings is 2. The topological polar surface area (TPSA) is 119 Å². The zero-order valence-electron chi connectivity index (χ0n) is 28.9. The summed E-state index contributed by atoms with van der Waals surface area (Å²) >= 11 is 6.23. The molecule has 6 aromatic heterocycles. The van der Waals surface area contributed by atoms with Gasteiger partial charge in [-0.2, -0.15) is 0 Å². The Bertz CT molecular complexity index is 2390. The van der Waals surface area contributed by atoms with Crippen molar-refractivity contribution in [2.24, 2.45) is 5.73 Å². The molecular formula is C37H42ClN11. The van der Waals surface area contributed by atoms with Crippen LogP contribution in [0.1, 0.15) is 23.5 Å². The number of nitrogens with two attached hydrogens (primary N) is 1. The molecule has 11 nitrogen and oxygen atoms in total. The van der Waals surface area contributed by atoms with E-state index in [1.807, 2.05) is 93.0 Å². The number of hydrogen-bond acceptors (Lipinski definition) is 9. The summed E-state index contributed by atoms with van der Waals surface area (Å²) in [5.74, 6) is 0. The number of halogens is 1. The predicted octanol–water partition coefficient (Wildman–Crippen LogP) is 6.13. The molecule has 2 aromatic carbocycles. The largest absolute Gasteiger partial charge is 0.329 e. The van der Waals surface area contributed by atoms with Gasteiger partial charge in [0.2, 0.25) is 0 Å². The van der Waals surface area contributed by atoms with Crippen molar-refractivity contribution in [1.29, 1.82) is 0 Å². The van der Waals surface area contributed by atoms with Crippen LogP contribution in [0.2, 0.25) is 5.15 Å². The molecule has 8 rings (SSSR count). The van der Waals surface area contributed by atoms with Gasteiger partial charge in [-0.05, 0) is 110 Å². The molecule has 0 fully saturated rings. The van der Waals surface area contributed by atoms with Crippen molar-refractivity contribution in [3.63, 3.8) is 0 Å². The molecule has 0 amide bonds. The zero-order chi connectivity index (χ0) is 34.7. The second-order valence-electron chi connectivity index (χ2n) is 12.6. The van der Waals surface area contributed by atoms with Gasteiger partial charge in [-0.15, -0.1) is 0 Å². The van der Waals surface area contributed by atoms with Gasteiger partial charge in [0, 0.05) is 24.5 Å². The highest BCUT2D eigenvalue weighted by Crippen LogP contribution is 2.26. The van der Waals surface area contributed by atoms with Crippen molar-refractivity contribution in [1.82, 2.24) is 48.5 Å². The van der Waals surface area contributed by atoms with Crippen LogP contribution in [0.4, 0.5) is 0 Å². The first kappa shape index (κ1) is 34.1. The molecule has 0 atom stereocenters. The first-order valence-corrected chi connectivity index (χ1v) is 16.8. The first-order chi connectivity index (χ1) is 23.6. The predicted molar refractivity (Wildman–Crippen MR) is 201 cm³/mol. The molecule has 0 aliphatic heterocycles. The quantitative estimate of drug-likeness (QED) is 0.222. The average molecular weight is 676 g/mol. The van der Waals surface area contributed by atoms with Crippen LogP contribution >= 0.6 is 11.6 Å². The second-order valence-corrected chi connectivity index (χ2v) is 12.9. The van der Waals surface area contributed by atoms with Crippen LogP contribution in [0.15, 0.2) is 72.8 Å². The molecule has 49 heavy (non-hydrogen) atoms. The molecule has 0 aliphatic rings. The summed E-state index contributed by atoms with van der Waals surface area (Å²) in [4.78, 5) is 32.1. The minimum absolute atomic E-state index is 0.398. The molecule has 8 aromatic rings. The van der Waals surface area contributed by atoms with Crippen molar-refractivity contribution < 1.29 is 0 Å². The van der Waals surface area contributed by atoms with Gasteiger partial charge >= 0.3 is 0 Å². The van der Waals surface area contributed by atoms with E-state index in [1.54, 1.807) is 0 Å². The highest BCUT2D eigenvalue weighted by Gasteiger charge is 2.15. The van der Waals surface area contributed by atoms with Crippen molar-refractivity contribution in [2.75, 3.05) is 47.8 Å². The van der Waals surface area contributed by atoms with Gasteiger partial charge in [-0.1, -0.05) is 35.9 Å². The molecule has 0 saturated carbocycles. The van der Waals surface area contributed by atoms with E-state index in [2.05, 4.69) is 55.4 Å². The van der Waals surface area contributed by atoms with Gasteiger partial charge in [0.15, 0.2) is 27.7 Å². The van der Waals surface area contributed by atoms with Crippen molar-refractivity contribution >= 4 is 67.3 Å². The zero-order valence-corrected chi connectivity index (χ0v) is 29.6. The summed E-state index contributed by atoms with van der Waals surface area (Å²) in [6, 6.07) is 24.0. The summed E-state index contributed by atoms with van der Waals surface area (Å²) in [5, 5.41) is 0.398. The van der Waals surface area contributed by atoms with Crippen LogP contribution in [-0.4, -0.2) is 96.3 Å². The van der Waals surface area contributed by atoms with Gasteiger partial charge in [-0.25, -0.2) is 29.9 Å². The van der Waals surface area contributed by atoms with Gasteiger partial charge in [0.05, 0.1) is 27.8 Å². The first-order valence-electron chi connectivity index (χ1n) is 16.4. The van der Waals surface area contributed by atoms with Gasteiger partial charge < -0.3 is 15.5 Å². The number of benzene rings is 2. The van der Waals surface area contributed by atoms with E-state index >= 15 is 0 Å². The SMILES string of the molecule is CN(C)CCN.Cc1ccc2nc(CCCN(C)C)c3nc4ccccc4n3c2n1.Cc1ccc2nc(Cl)c3nc4ccccc4n3c2n1. The van der Waals surface area contributed by atoms with Gasteiger partial charge in [-0.3, -0.25) is 8.80 Å². The molecule has 0 unspecified atom stereocenters. The summed E-state index contributed by atoms with van der Waals surface area (Å²) in [7, 11) is 8.21. The maximum Gasteiger partial charge on any atom is 0.177 e. The Morgan fingerprint density at radius 3 is 1.61 bits per heavy atom. The summed E-state index contributed by atoms with van der Waals surface area (Å²) in [6.45, 7) is 6.75. The Labute approximate surface area is 290 Å². The molecular weight excluding hydrogens is 634 g/mol. The molecule has 2 N–H and O–H groups in total. The summed E-state index contributed by atoms with van der Waals surface area (Å²) in [6.07, 6.45) is 1.97. The number of rotatable bonds is 6. The Kier molecular flexibility index (Phi) is 10.3. The fraction of sp³-hybridized carbons (Fsp3) is 0.297. The maximum absolute atomic E-state index is 6.23. The van der Waals surface area contributed by atoms with Crippen molar-refractivity contribution in [2.45, 2.75) is 26.7 Å². The van der Waals surface area contributed by atoms with Crippen LogP contribution in [0.5, 0.6) is 0 Å². The van der Waals surface area contributed by atoms with E-state index in [-0.39, 0.29) is 0 Å². The molecule has 0 spiro atoms. The van der Waals surface area contributed by atoms with Crippen molar-refractivity contribution in [3.8, 4) is 0 Å². The van der Waals surface area contributed by atoms with Gasteiger partial charge in [0.1, 0.15) is 11.0 Å². The molecule has 252 valence electrons. The molecule has 6 heterocycles. The molecule has 0 aliphatic carbocycles. The van der Waals surface area contributed by atoms with Crippen LogP contribution in [0.3, 0.4) is 0 Å². The lowest BCUT2D eigenvalue weighted by Gasteiger charge is -2.10. The molecule has 12 heteroatoms. The maximum atomic E-state index is 6.23. The summed E-state index contributed by atoms with van der Waals surface area (Å²) < 4.78 is 4.13. The number of likely N-dealkylation sites (N-methyl/N-ethyl adjacent to an activating group) is 1.